The van der Waals surface area contributed by atoms with Crippen LogP contribution in [0.3, 0.4) is 0 Å². The molecule has 3 N–H and O–H groups in total. The van der Waals surface area contributed by atoms with E-state index in [1.165, 1.54) is 25.2 Å². The Morgan fingerprint density at radius 2 is 1.57 bits per heavy atom. The molecule has 0 bridgehead atoms. The summed E-state index contributed by atoms with van der Waals surface area (Å²) in [6, 6.07) is 23.4. The zero-order chi connectivity index (χ0) is 25.3. The molecule has 0 saturated carbocycles. The van der Waals surface area contributed by atoms with Crippen molar-refractivity contribution in [2.45, 2.75) is 12.1 Å². The second kappa shape index (κ2) is 12.0. The van der Waals surface area contributed by atoms with Crippen LogP contribution in [-0.4, -0.2) is 38.8 Å². The second-order valence-corrected chi connectivity index (χ2v) is 10.1. The van der Waals surface area contributed by atoms with E-state index in [1.807, 2.05) is 30.3 Å². The largest absolute Gasteiger partial charge is 0.374 e. The summed E-state index contributed by atoms with van der Waals surface area (Å²) in [5, 5.41) is 5.25. The number of nitrogens with one attached hydrogen (secondary N) is 3. The molecule has 3 rings (SSSR count). The molecule has 35 heavy (non-hydrogen) atoms. The molecule has 0 aromatic heterocycles. The molecule has 0 radical (unpaired) electrons. The molecule has 184 valence electrons. The van der Waals surface area contributed by atoms with Crippen LogP contribution < -0.4 is 15.4 Å². The van der Waals surface area contributed by atoms with Crippen LogP contribution in [0.1, 0.15) is 21.5 Å². The van der Waals surface area contributed by atoms with E-state index in [0.717, 1.165) is 5.56 Å². The summed E-state index contributed by atoms with van der Waals surface area (Å²) in [7, 11) is -2.63. The number of halogens is 1. The molecular weight excluding hydrogens is 489 g/mol. The molecule has 1 amide bonds. The van der Waals surface area contributed by atoms with Gasteiger partial charge in [0.05, 0.1) is 19.0 Å². The fraction of sp³-hybridized carbons (Fsp3) is 0.200. The van der Waals surface area contributed by atoms with Crippen LogP contribution in [0.15, 0.2) is 84.9 Å². The van der Waals surface area contributed by atoms with Gasteiger partial charge in [-0.05, 0) is 43.0 Å². The van der Waals surface area contributed by atoms with Gasteiger partial charge in [-0.2, -0.15) is 0 Å². The molecule has 0 aliphatic carbocycles. The number of rotatable bonds is 10. The van der Waals surface area contributed by atoms with Gasteiger partial charge in [0.15, 0.2) is 5.11 Å². The molecule has 1 unspecified atom stereocenters. The van der Waals surface area contributed by atoms with Gasteiger partial charge in [-0.15, -0.1) is 0 Å². The van der Waals surface area contributed by atoms with Crippen molar-refractivity contribution in [3.05, 3.63) is 107 Å². The third kappa shape index (κ3) is 7.40. The summed E-state index contributed by atoms with van der Waals surface area (Å²) in [4.78, 5) is 12.6. The van der Waals surface area contributed by atoms with E-state index in [9.17, 15) is 13.2 Å². The standard InChI is InChI=1S/C25H26FN3O4S2/c1-27-35(31,32)18-25(21-14-8-9-15-22(21)26,17-33-16-19-10-4-2-5-11-19)29-24(34)28-23(30)20-12-6-3-7-13-20/h2-15,27H,16-18H2,1H3,(H2,28,29,30,34). The van der Waals surface area contributed by atoms with Gasteiger partial charge < -0.3 is 10.1 Å². The lowest BCUT2D eigenvalue weighted by Crippen LogP contribution is -2.58. The van der Waals surface area contributed by atoms with Crippen molar-refractivity contribution in [3.8, 4) is 0 Å². The summed E-state index contributed by atoms with van der Waals surface area (Å²) in [5.41, 5.74) is -0.408. The van der Waals surface area contributed by atoms with Gasteiger partial charge in [0.1, 0.15) is 11.4 Å². The molecule has 7 nitrogen and oxygen atoms in total. The van der Waals surface area contributed by atoms with Gasteiger partial charge in [-0.25, -0.2) is 17.5 Å². The van der Waals surface area contributed by atoms with Crippen molar-refractivity contribution >= 4 is 33.3 Å². The maximum atomic E-state index is 15.1. The van der Waals surface area contributed by atoms with E-state index < -0.39 is 33.0 Å². The first-order valence-corrected chi connectivity index (χ1v) is 12.8. The highest BCUT2D eigenvalue weighted by Gasteiger charge is 2.40. The molecule has 0 aliphatic heterocycles. The highest BCUT2D eigenvalue weighted by atomic mass is 32.2. The molecule has 0 spiro atoms. The quantitative estimate of drug-likeness (QED) is 0.359. The molecule has 3 aromatic rings. The van der Waals surface area contributed by atoms with Crippen LogP contribution in [0, 0.1) is 5.82 Å². The molecular formula is C25H26FN3O4S2. The fourth-order valence-corrected chi connectivity index (χ4v) is 4.91. The van der Waals surface area contributed by atoms with Crippen molar-refractivity contribution in [2.24, 2.45) is 0 Å². The van der Waals surface area contributed by atoms with E-state index >= 15 is 4.39 Å². The van der Waals surface area contributed by atoms with Crippen molar-refractivity contribution < 1.29 is 22.3 Å². The minimum atomic E-state index is -3.89. The Labute approximate surface area is 209 Å². The first-order chi connectivity index (χ1) is 16.7. The molecule has 10 heteroatoms. The lowest BCUT2D eigenvalue weighted by Gasteiger charge is -2.36. The van der Waals surface area contributed by atoms with Crippen molar-refractivity contribution in [1.29, 1.82) is 0 Å². The monoisotopic (exact) mass is 515 g/mol. The van der Waals surface area contributed by atoms with E-state index in [1.54, 1.807) is 36.4 Å². The number of thiocarbonyl (C=S) groups is 1. The van der Waals surface area contributed by atoms with E-state index in [0.29, 0.717) is 5.56 Å². The van der Waals surface area contributed by atoms with Gasteiger partial charge in [-0.3, -0.25) is 10.1 Å². The van der Waals surface area contributed by atoms with E-state index in [-0.39, 0.29) is 23.9 Å². The SMILES string of the molecule is CNS(=O)(=O)CC(COCc1ccccc1)(NC(=S)NC(=O)c1ccccc1)c1ccccc1F. The summed E-state index contributed by atoms with van der Waals surface area (Å²) in [6.07, 6.45) is 0. The Bertz CT molecular complexity index is 1260. The Kier molecular flexibility index (Phi) is 9.05. The number of benzene rings is 3. The zero-order valence-corrected chi connectivity index (χ0v) is 20.7. The molecule has 0 aliphatic rings. The van der Waals surface area contributed by atoms with Crippen LogP contribution in [-0.2, 0) is 26.9 Å². The first-order valence-electron chi connectivity index (χ1n) is 10.7. The number of carbonyl (C=O) groups excluding carboxylic acids is 1. The maximum absolute atomic E-state index is 15.1. The summed E-state index contributed by atoms with van der Waals surface area (Å²) < 4.78 is 48.6. The van der Waals surface area contributed by atoms with Crippen molar-refractivity contribution in [2.75, 3.05) is 19.4 Å². The highest BCUT2D eigenvalue weighted by Crippen LogP contribution is 2.27. The van der Waals surface area contributed by atoms with Gasteiger partial charge in [-0.1, -0.05) is 66.7 Å². The highest BCUT2D eigenvalue weighted by molar-refractivity contribution is 7.89. The Hall–Kier alpha value is -3.18. The number of amides is 1. The van der Waals surface area contributed by atoms with Crippen LogP contribution in [0.4, 0.5) is 4.39 Å². The minimum absolute atomic E-state index is 0.0307. The number of sulfonamides is 1. The van der Waals surface area contributed by atoms with Gasteiger partial charge >= 0.3 is 0 Å². The normalized spacial score (nSPS) is 13.0. The van der Waals surface area contributed by atoms with Gasteiger partial charge in [0.25, 0.3) is 5.91 Å². The Morgan fingerprint density at radius 3 is 2.20 bits per heavy atom. The summed E-state index contributed by atoms with van der Waals surface area (Å²) in [5.74, 6) is -1.74. The van der Waals surface area contributed by atoms with Crippen LogP contribution in [0.25, 0.3) is 0 Å². The summed E-state index contributed by atoms with van der Waals surface area (Å²) >= 11 is 5.35. The van der Waals surface area contributed by atoms with Crippen LogP contribution in [0.5, 0.6) is 0 Å². The van der Waals surface area contributed by atoms with Gasteiger partial charge in [0, 0.05) is 11.1 Å². The zero-order valence-electron chi connectivity index (χ0n) is 19.0. The lowest BCUT2D eigenvalue weighted by atomic mass is 9.92. The third-order valence-corrected chi connectivity index (χ3v) is 6.91. The predicted octanol–water partition coefficient (Wildman–Crippen LogP) is 3.09. The third-order valence-electron chi connectivity index (χ3n) is 5.21. The van der Waals surface area contributed by atoms with Crippen molar-refractivity contribution in [1.82, 2.24) is 15.4 Å². The second-order valence-electron chi connectivity index (χ2n) is 7.78. The first kappa shape index (κ1) is 26.4. The molecule has 0 saturated heterocycles. The predicted molar refractivity (Wildman–Crippen MR) is 137 cm³/mol. The molecule has 0 heterocycles. The van der Waals surface area contributed by atoms with E-state index in [4.69, 9.17) is 17.0 Å². The topological polar surface area (TPSA) is 96.5 Å². The van der Waals surface area contributed by atoms with Crippen LogP contribution in [0.2, 0.25) is 0 Å². The average Bonchev–Trinajstić information content (AvgIpc) is 2.85. The Morgan fingerprint density at radius 1 is 0.971 bits per heavy atom. The maximum Gasteiger partial charge on any atom is 0.257 e. The lowest BCUT2D eigenvalue weighted by molar-refractivity contribution is 0.0702. The fourth-order valence-electron chi connectivity index (χ4n) is 3.51. The minimum Gasteiger partial charge on any atom is -0.374 e. The molecule has 1 atom stereocenters. The number of ether oxygens (including phenoxy) is 1. The van der Waals surface area contributed by atoms with E-state index in [2.05, 4.69) is 15.4 Å². The van der Waals surface area contributed by atoms with Gasteiger partial charge in [0.2, 0.25) is 10.0 Å². The molecule has 0 fully saturated rings. The average molecular weight is 516 g/mol. The Balaban J connectivity index is 1.94. The molecule has 3 aromatic carbocycles. The summed E-state index contributed by atoms with van der Waals surface area (Å²) in [6.45, 7) is -0.105. The van der Waals surface area contributed by atoms with Crippen molar-refractivity contribution in [3.63, 3.8) is 0 Å². The number of hydrogen-bond acceptors (Lipinski definition) is 5. The number of carbonyl (C=O) groups is 1. The van der Waals surface area contributed by atoms with Crippen LogP contribution >= 0.6 is 12.2 Å². The number of hydrogen-bond donors (Lipinski definition) is 3. The smallest absolute Gasteiger partial charge is 0.257 e.